The molecule has 0 aliphatic rings. The maximum atomic E-state index is 11.0. The second-order valence-corrected chi connectivity index (χ2v) is 4.05. The van der Waals surface area contributed by atoms with E-state index < -0.39 is 0 Å². The monoisotopic (exact) mass is 232 g/mol. The summed E-state index contributed by atoms with van der Waals surface area (Å²) in [5.41, 5.74) is 2.58. The van der Waals surface area contributed by atoms with Crippen molar-refractivity contribution in [3.05, 3.63) is 60.2 Å². The van der Waals surface area contributed by atoms with Gasteiger partial charge in [-0.2, -0.15) is 0 Å². The van der Waals surface area contributed by atoms with E-state index in [1.165, 1.54) is 5.57 Å². The second-order valence-electron chi connectivity index (χ2n) is 4.05. The Morgan fingerprint density at radius 1 is 1.12 bits per heavy atom. The lowest BCUT2D eigenvalue weighted by Gasteiger charge is -2.03. The zero-order chi connectivity index (χ0) is 13.3. The molecule has 0 fully saturated rings. The van der Waals surface area contributed by atoms with E-state index in [4.69, 9.17) is 4.74 Å². The first-order chi connectivity index (χ1) is 7.93. The number of benzene rings is 1. The van der Waals surface area contributed by atoms with Gasteiger partial charge in [0.2, 0.25) is 0 Å². The fourth-order valence-electron chi connectivity index (χ4n) is 0.846. The summed E-state index contributed by atoms with van der Waals surface area (Å²) in [5.74, 6) is -0.344. The van der Waals surface area contributed by atoms with Crippen molar-refractivity contribution in [3.8, 4) is 0 Å². The number of esters is 1. The van der Waals surface area contributed by atoms with Gasteiger partial charge in [-0.05, 0) is 26.3 Å². The van der Waals surface area contributed by atoms with Crippen molar-refractivity contribution in [1.29, 1.82) is 0 Å². The predicted molar refractivity (Wildman–Crippen MR) is 71.5 cm³/mol. The van der Waals surface area contributed by atoms with Gasteiger partial charge >= 0.3 is 5.97 Å². The minimum atomic E-state index is -0.344. The summed E-state index contributed by atoms with van der Waals surface area (Å²) in [4.78, 5) is 11.0. The second kappa shape index (κ2) is 8.34. The van der Waals surface area contributed by atoms with E-state index in [0.717, 1.165) is 5.56 Å². The standard InChI is InChI=1S/C11H12O2.C4H8/c1-9(2)11(12)13-8-10-6-4-3-5-7-10;1-4(2)3/h3-7H,1,8H2,2H3;1H2,2-3H3. The molecule has 0 heterocycles. The SMILES string of the molecule is C=C(C)C.C=C(C)C(=O)OCc1ccccc1. The van der Waals surface area contributed by atoms with E-state index in [0.29, 0.717) is 12.2 Å². The highest BCUT2D eigenvalue weighted by Gasteiger charge is 2.02. The molecule has 0 bridgehead atoms. The normalized spacial score (nSPS) is 8.65. The van der Waals surface area contributed by atoms with E-state index in [1.807, 2.05) is 44.2 Å². The van der Waals surface area contributed by atoms with Crippen LogP contribution in [0, 0.1) is 0 Å². The zero-order valence-corrected chi connectivity index (χ0v) is 10.8. The highest BCUT2D eigenvalue weighted by Crippen LogP contribution is 2.02. The van der Waals surface area contributed by atoms with Gasteiger partial charge in [0.05, 0.1) is 0 Å². The van der Waals surface area contributed by atoms with Crippen LogP contribution in [0.15, 0.2) is 54.6 Å². The number of ether oxygens (including phenoxy) is 1. The third-order valence-corrected chi connectivity index (χ3v) is 1.56. The summed E-state index contributed by atoms with van der Waals surface area (Å²) in [6, 6.07) is 9.55. The Kier molecular flexibility index (Phi) is 7.44. The van der Waals surface area contributed by atoms with Gasteiger partial charge in [0.15, 0.2) is 0 Å². The maximum absolute atomic E-state index is 11.0. The predicted octanol–water partition coefficient (Wildman–Crippen LogP) is 3.89. The molecule has 0 amide bonds. The molecule has 0 atom stereocenters. The van der Waals surface area contributed by atoms with Crippen molar-refractivity contribution in [2.45, 2.75) is 27.4 Å². The number of allylic oxidation sites excluding steroid dienone is 1. The minimum Gasteiger partial charge on any atom is -0.457 e. The molecular formula is C15H20O2. The van der Waals surface area contributed by atoms with E-state index in [9.17, 15) is 4.79 Å². The Labute approximate surface area is 104 Å². The van der Waals surface area contributed by atoms with Crippen LogP contribution in [-0.2, 0) is 16.1 Å². The molecule has 0 spiro atoms. The van der Waals surface area contributed by atoms with Crippen LogP contribution in [0.5, 0.6) is 0 Å². The van der Waals surface area contributed by atoms with Crippen LogP contribution in [0.3, 0.4) is 0 Å². The van der Waals surface area contributed by atoms with Gasteiger partial charge in [-0.25, -0.2) is 4.79 Å². The molecule has 2 heteroatoms. The van der Waals surface area contributed by atoms with E-state index in [1.54, 1.807) is 6.92 Å². The Morgan fingerprint density at radius 2 is 1.59 bits per heavy atom. The number of carbonyl (C=O) groups excluding carboxylic acids is 1. The molecule has 1 aromatic carbocycles. The fourth-order valence-corrected chi connectivity index (χ4v) is 0.846. The highest BCUT2D eigenvalue weighted by atomic mass is 16.5. The lowest BCUT2D eigenvalue weighted by atomic mass is 10.2. The van der Waals surface area contributed by atoms with Crippen LogP contribution in [0.25, 0.3) is 0 Å². The van der Waals surface area contributed by atoms with Crippen molar-refractivity contribution < 1.29 is 9.53 Å². The van der Waals surface area contributed by atoms with Crippen molar-refractivity contribution in [2.75, 3.05) is 0 Å². The van der Waals surface area contributed by atoms with Crippen LogP contribution >= 0.6 is 0 Å². The lowest BCUT2D eigenvalue weighted by molar-refractivity contribution is -0.140. The molecule has 0 aliphatic heterocycles. The Morgan fingerprint density at radius 3 is 2.00 bits per heavy atom. The molecule has 92 valence electrons. The average Bonchev–Trinajstić information content (AvgIpc) is 2.26. The summed E-state index contributed by atoms with van der Waals surface area (Å²) in [6.07, 6.45) is 0. The Bertz CT molecular complexity index is 373. The molecular weight excluding hydrogens is 212 g/mol. The summed E-state index contributed by atoms with van der Waals surface area (Å²) in [7, 11) is 0. The molecule has 0 N–H and O–H groups in total. The summed E-state index contributed by atoms with van der Waals surface area (Å²) < 4.78 is 4.95. The minimum absolute atomic E-state index is 0.312. The van der Waals surface area contributed by atoms with Crippen molar-refractivity contribution in [2.24, 2.45) is 0 Å². The summed E-state index contributed by atoms with van der Waals surface area (Å²) in [5, 5.41) is 0. The van der Waals surface area contributed by atoms with Gasteiger partial charge in [-0.15, -0.1) is 6.58 Å². The third-order valence-electron chi connectivity index (χ3n) is 1.56. The van der Waals surface area contributed by atoms with E-state index in [-0.39, 0.29) is 5.97 Å². The smallest absolute Gasteiger partial charge is 0.333 e. The van der Waals surface area contributed by atoms with Crippen molar-refractivity contribution in [3.63, 3.8) is 0 Å². The molecule has 1 rings (SSSR count). The molecule has 1 aromatic rings. The van der Waals surface area contributed by atoms with Crippen LogP contribution in [0.2, 0.25) is 0 Å². The average molecular weight is 232 g/mol. The largest absolute Gasteiger partial charge is 0.457 e. The van der Waals surface area contributed by atoms with Gasteiger partial charge < -0.3 is 4.74 Å². The molecule has 0 saturated carbocycles. The Balaban J connectivity index is 0.000000557. The molecule has 0 radical (unpaired) electrons. The first kappa shape index (κ1) is 15.2. The van der Waals surface area contributed by atoms with E-state index >= 15 is 0 Å². The van der Waals surface area contributed by atoms with Gasteiger partial charge in [-0.3, -0.25) is 0 Å². The molecule has 0 aliphatic carbocycles. The number of hydrogen-bond acceptors (Lipinski definition) is 2. The van der Waals surface area contributed by atoms with Crippen LogP contribution in [-0.4, -0.2) is 5.97 Å². The highest BCUT2D eigenvalue weighted by molar-refractivity contribution is 5.86. The summed E-state index contributed by atoms with van der Waals surface area (Å²) >= 11 is 0. The Hall–Kier alpha value is -1.83. The topological polar surface area (TPSA) is 26.3 Å². The van der Waals surface area contributed by atoms with Crippen LogP contribution in [0.4, 0.5) is 0 Å². The zero-order valence-electron chi connectivity index (χ0n) is 10.8. The first-order valence-electron chi connectivity index (χ1n) is 5.42. The third kappa shape index (κ3) is 9.12. The molecule has 2 nitrogen and oxygen atoms in total. The number of rotatable bonds is 3. The quantitative estimate of drug-likeness (QED) is 0.449. The van der Waals surface area contributed by atoms with Crippen molar-refractivity contribution in [1.82, 2.24) is 0 Å². The molecule has 0 aromatic heterocycles. The summed E-state index contributed by atoms with van der Waals surface area (Å²) in [6.45, 7) is 12.9. The molecule has 17 heavy (non-hydrogen) atoms. The molecule has 0 unspecified atom stereocenters. The van der Waals surface area contributed by atoms with Crippen LogP contribution in [0.1, 0.15) is 26.3 Å². The van der Waals surface area contributed by atoms with Gasteiger partial charge in [-0.1, -0.05) is 42.5 Å². The maximum Gasteiger partial charge on any atom is 0.333 e. The first-order valence-corrected chi connectivity index (χ1v) is 5.42. The fraction of sp³-hybridized carbons (Fsp3) is 0.267. The van der Waals surface area contributed by atoms with Crippen LogP contribution < -0.4 is 0 Å². The van der Waals surface area contributed by atoms with Gasteiger partial charge in [0.25, 0.3) is 0 Å². The van der Waals surface area contributed by atoms with E-state index in [2.05, 4.69) is 13.2 Å². The van der Waals surface area contributed by atoms with Gasteiger partial charge in [0, 0.05) is 5.57 Å². The lowest BCUT2D eigenvalue weighted by Crippen LogP contribution is -2.04. The number of carbonyl (C=O) groups is 1. The number of hydrogen-bond donors (Lipinski definition) is 0. The van der Waals surface area contributed by atoms with Gasteiger partial charge in [0.1, 0.15) is 6.61 Å². The molecule has 0 saturated heterocycles. The van der Waals surface area contributed by atoms with Crippen molar-refractivity contribution >= 4 is 5.97 Å².